The van der Waals surface area contributed by atoms with Crippen molar-refractivity contribution in [2.75, 3.05) is 38.6 Å². The van der Waals surface area contributed by atoms with Crippen LogP contribution >= 0.6 is 11.6 Å². The zero-order valence-corrected chi connectivity index (χ0v) is 18.9. The van der Waals surface area contributed by atoms with Crippen LogP contribution in [0.25, 0.3) is 0 Å². The van der Waals surface area contributed by atoms with Crippen LogP contribution in [-0.4, -0.2) is 55.0 Å². The van der Waals surface area contributed by atoms with Crippen LogP contribution in [0.3, 0.4) is 0 Å². The number of hydrogen-bond donors (Lipinski definition) is 1. The smallest absolute Gasteiger partial charge is 0.321 e. The molecule has 1 N–H and O–H groups in total. The van der Waals surface area contributed by atoms with Crippen molar-refractivity contribution in [3.63, 3.8) is 0 Å². The average molecular weight is 463 g/mol. The highest BCUT2D eigenvalue weighted by molar-refractivity contribution is 6.30. The Morgan fingerprint density at radius 2 is 1.82 bits per heavy atom. The predicted octanol–water partition coefficient (Wildman–Crippen LogP) is 5.38. The summed E-state index contributed by atoms with van der Waals surface area (Å²) in [6.45, 7) is 2.40. The lowest BCUT2D eigenvalue weighted by Gasteiger charge is -2.36. The van der Waals surface area contributed by atoms with E-state index < -0.39 is 0 Å². The van der Waals surface area contributed by atoms with E-state index in [4.69, 9.17) is 26.1 Å². The third-order valence-corrected chi connectivity index (χ3v) is 5.92. The van der Waals surface area contributed by atoms with E-state index in [2.05, 4.69) is 10.2 Å². The third-order valence-electron chi connectivity index (χ3n) is 5.68. The lowest BCUT2D eigenvalue weighted by molar-refractivity contribution is 0.181. The summed E-state index contributed by atoms with van der Waals surface area (Å²) >= 11 is 6.03. The number of nitrogens with one attached hydrogen (secondary N) is 1. The van der Waals surface area contributed by atoms with Crippen LogP contribution < -0.4 is 14.8 Å². The predicted molar refractivity (Wildman–Crippen MR) is 129 cm³/mol. The number of urea groups is 1. The van der Waals surface area contributed by atoms with E-state index in [1.165, 1.54) is 0 Å². The molecule has 2 aliphatic rings. The monoisotopic (exact) mass is 462 g/mol. The van der Waals surface area contributed by atoms with Crippen molar-refractivity contribution in [2.24, 2.45) is 4.99 Å². The van der Waals surface area contributed by atoms with Crippen LogP contribution in [0.5, 0.6) is 17.2 Å². The van der Waals surface area contributed by atoms with Crippen LogP contribution in [0.1, 0.15) is 5.56 Å². The molecule has 2 aliphatic heterocycles. The second kappa shape index (κ2) is 9.03. The molecule has 0 unspecified atom stereocenters. The number of carbonyl (C=O) groups is 1. The topological polar surface area (TPSA) is 66.4 Å². The van der Waals surface area contributed by atoms with Crippen molar-refractivity contribution in [1.82, 2.24) is 9.80 Å². The number of rotatable bonds is 2. The molecular weight excluding hydrogens is 440 g/mol. The van der Waals surface area contributed by atoms with Crippen LogP contribution in [-0.2, 0) is 0 Å². The molecule has 2 heterocycles. The van der Waals surface area contributed by atoms with Gasteiger partial charge in [-0.2, -0.15) is 0 Å². The number of piperazine rings is 1. The molecule has 3 aromatic rings. The summed E-state index contributed by atoms with van der Waals surface area (Å²) in [5.41, 5.74) is 2.31. The number of amides is 2. The van der Waals surface area contributed by atoms with Gasteiger partial charge in [-0.05, 0) is 48.5 Å². The number of fused-ring (bicyclic) bond motifs is 2. The highest BCUT2D eigenvalue weighted by atomic mass is 35.5. The van der Waals surface area contributed by atoms with Gasteiger partial charge in [0, 0.05) is 36.9 Å². The van der Waals surface area contributed by atoms with Gasteiger partial charge in [-0.3, -0.25) is 0 Å². The van der Waals surface area contributed by atoms with Crippen LogP contribution in [0.4, 0.5) is 16.2 Å². The first-order valence-electron chi connectivity index (χ1n) is 10.7. The molecule has 0 radical (unpaired) electrons. The maximum Gasteiger partial charge on any atom is 0.321 e. The Hall–Kier alpha value is -3.71. The van der Waals surface area contributed by atoms with E-state index in [-0.39, 0.29) is 6.03 Å². The van der Waals surface area contributed by atoms with E-state index in [9.17, 15) is 4.79 Å². The molecule has 7 nitrogen and oxygen atoms in total. The molecule has 168 valence electrons. The summed E-state index contributed by atoms with van der Waals surface area (Å²) < 4.78 is 11.6. The summed E-state index contributed by atoms with van der Waals surface area (Å²) in [7, 11) is 1.64. The second-order valence-corrected chi connectivity index (χ2v) is 8.22. The largest absolute Gasteiger partial charge is 0.497 e. The zero-order chi connectivity index (χ0) is 22.8. The fourth-order valence-corrected chi connectivity index (χ4v) is 4.15. The Morgan fingerprint density at radius 3 is 2.61 bits per heavy atom. The molecule has 3 aromatic carbocycles. The minimum atomic E-state index is -0.143. The fraction of sp³-hybridized carbons (Fsp3) is 0.200. The fourth-order valence-electron chi connectivity index (χ4n) is 3.96. The minimum Gasteiger partial charge on any atom is -0.497 e. The molecule has 0 bridgehead atoms. The van der Waals surface area contributed by atoms with Crippen molar-refractivity contribution in [3.8, 4) is 17.2 Å². The van der Waals surface area contributed by atoms with Gasteiger partial charge < -0.3 is 24.6 Å². The summed E-state index contributed by atoms with van der Waals surface area (Å²) in [4.78, 5) is 21.7. The highest BCUT2D eigenvalue weighted by Crippen LogP contribution is 2.39. The van der Waals surface area contributed by atoms with Gasteiger partial charge in [-0.1, -0.05) is 29.8 Å². The Bertz CT molecular complexity index is 1220. The first kappa shape index (κ1) is 21.2. The molecule has 0 atom stereocenters. The number of halogens is 1. The molecule has 8 heteroatoms. The van der Waals surface area contributed by atoms with Crippen molar-refractivity contribution in [3.05, 3.63) is 77.3 Å². The van der Waals surface area contributed by atoms with Crippen molar-refractivity contribution < 1.29 is 14.3 Å². The standard InChI is InChI=1S/C25H23ClN4O3/c1-32-19-9-10-22-20(16-19)24(28-21-7-2-3-8-23(21)33-22)29-11-13-30(14-12-29)25(31)27-18-6-4-5-17(26)15-18/h2-10,15-16H,11-14H2,1H3,(H,27,31). The Kier molecular flexibility index (Phi) is 5.79. The lowest BCUT2D eigenvalue weighted by atomic mass is 10.1. The number of carbonyl (C=O) groups excluding carboxylic acids is 1. The first-order chi connectivity index (χ1) is 16.1. The quantitative estimate of drug-likeness (QED) is 0.555. The summed E-state index contributed by atoms with van der Waals surface area (Å²) in [6.07, 6.45) is 0. The van der Waals surface area contributed by atoms with Gasteiger partial charge in [-0.15, -0.1) is 0 Å². The normalized spacial score (nSPS) is 14.9. The van der Waals surface area contributed by atoms with E-state index in [1.54, 1.807) is 24.1 Å². The van der Waals surface area contributed by atoms with Crippen molar-refractivity contribution in [2.45, 2.75) is 0 Å². The average Bonchev–Trinajstić information content (AvgIpc) is 3.00. The van der Waals surface area contributed by atoms with Gasteiger partial charge in [0.25, 0.3) is 0 Å². The number of methoxy groups -OCH3 is 1. The molecule has 33 heavy (non-hydrogen) atoms. The van der Waals surface area contributed by atoms with E-state index in [1.807, 2.05) is 54.6 Å². The van der Waals surface area contributed by atoms with E-state index >= 15 is 0 Å². The molecule has 5 rings (SSSR count). The number of nitrogens with zero attached hydrogens (tertiary/aromatic N) is 3. The van der Waals surface area contributed by atoms with Crippen molar-refractivity contribution in [1.29, 1.82) is 0 Å². The second-order valence-electron chi connectivity index (χ2n) is 7.78. The Labute approximate surface area is 197 Å². The molecule has 1 fully saturated rings. The number of benzene rings is 3. The summed E-state index contributed by atoms with van der Waals surface area (Å²) in [5, 5.41) is 3.50. The lowest BCUT2D eigenvalue weighted by Crippen LogP contribution is -2.51. The highest BCUT2D eigenvalue weighted by Gasteiger charge is 2.28. The van der Waals surface area contributed by atoms with Gasteiger partial charge in [-0.25, -0.2) is 9.79 Å². The number of aliphatic imine (C=N–C) groups is 1. The number of amidine groups is 1. The molecule has 0 spiro atoms. The minimum absolute atomic E-state index is 0.143. The Balaban J connectivity index is 1.37. The maximum atomic E-state index is 12.7. The SMILES string of the molecule is COc1ccc2c(c1)C(N1CCN(C(=O)Nc3cccc(Cl)c3)CC1)=Nc1ccccc1O2. The molecule has 2 amide bonds. The number of anilines is 1. The first-order valence-corrected chi connectivity index (χ1v) is 11.1. The maximum absolute atomic E-state index is 12.7. The molecule has 0 aromatic heterocycles. The van der Waals surface area contributed by atoms with Gasteiger partial charge in [0.1, 0.15) is 23.0 Å². The van der Waals surface area contributed by atoms with E-state index in [0.29, 0.717) is 42.6 Å². The van der Waals surface area contributed by atoms with Crippen LogP contribution in [0.15, 0.2) is 71.7 Å². The Morgan fingerprint density at radius 1 is 1.00 bits per heavy atom. The van der Waals surface area contributed by atoms with E-state index in [0.717, 1.165) is 28.6 Å². The molecular formula is C25H23ClN4O3. The number of ether oxygens (including phenoxy) is 2. The molecule has 0 saturated carbocycles. The zero-order valence-electron chi connectivity index (χ0n) is 18.1. The van der Waals surface area contributed by atoms with Gasteiger partial charge in [0.15, 0.2) is 5.75 Å². The molecule has 0 aliphatic carbocycles. The van der Waals surface area contributed by atoms with Gasteiger partial charge >= 0.3 is 6.03 Å². The van der Waals surface area contributed by atoms with Crippen LogP contribution in [0, 0.1) is 0 Å². The summed E-state index contributed by atoms with van der Waals surface area (Å²) in [6, 6.07) is 20.4. The number of para-hydroxylation sites is 2. The molecule has 1 saturated heterocycles. The van der Waals surface area contributed by atoms with Crippen LogP contribution in [0.2, 0.25) is 5.02 Å². The summed E-state index contributed by atoms with van der Waals surface area (Å²) in [5.74, 6) is 2.97. The van der Waals surface area contributed by atoms with Gasteiger partial charge in [0.05, 0.1) is 12.7 Å². The van der Waals surface area contributed by atoms with Gasteiger partial charge in [0.2, 0.25) is 0 Å². The third kappa shape index (κ3) is 4.45. The number of hydrogen-bond acceptors (Lipinski definition) is 5. The van der Waals surface area contributed by atoms with Crippen molar-refractivity contribution >= 4 is 34.8 Å².